The van der Waals surface area contributed by atoms with Crippen LogP contribution in [0.1, 0.15) is 29.2 Å². The minimum atomic E-state index is 0.264. The molecule has 0 saturated heterocycles. The third-order valence-corrected chi connectivity index (χ3v) is 6.04. The molecule has 152 valence electrons. The summed E-state index contributed by atoms with van der Waals surface area (Å²) in [5.74, 6) is 1.28. The topological polar surface area (TPSA) is 57.2 Å². The van der Waals surface area contributed by atoms with Crippen LogP contribution in [0.15, 0.2) is 66.2 Å². The van der Waals surface area contributed by atoms with Crippen LogP contribution in [0, 0.1) is 12.8 Å². The van der Waals surface area contributed by atoms with Crippen molar-refractivity contribution in [1.29, 1.82) is 0 Å². The molecule has 3 heterocycles. The summed E-state index contributed by atoms with van der Waals surface area (Å²) >= 11 is 0. The van der Waals surface area contributed by atoms with E-state index in [1.165, 1.54) is 22.2 Å². The second-order valence-corrected chi connectivity index (χ2v) is 7.83. The van der Waals surface area contributed by atoms with E-state index in [0.717, 1.165) is 36.6 Å². The van der Waals surface area contributed by atoms with Gasteiger partial charge in [0, 0.05) is 60.3 Å². The summed E-state index contributed by atoms with van der Waals surface area (Å²) in [4.78, 5) is 14.6. The number of hydrogen-bond acceptors (Lipinski definition) is 4. The Balaban J connectivity index is 1.55. The third kappa shape index (κ3) is 3.28. The Morgan fingerprint density at radius 3 is 2.77 bits per heavy atom. The second kappa shape index (κ2) is 7.78. The van der Waals surface area contributed by atoms with E-state index in [0.29, 0.717) is 6.61 Å². The minimum absolute atomic E-state index is 0.264. The number of hydrogen-bond donors (Lipinski definition) is 0. The highest BCUT2D eigenvalue weighted by atomic mass is 16.6. The van der Waals surface area contributed by atoms with Crippen molar-refractivity contribution in [3.05, 3.63) is 83.8 Å². The summed E-state index contributed by atoms with van der Waals surface area (Å²) in [6.45, 7) is 3.25. The Morgan fingerprint density at radius 1 is 1.10 bits per heavy atom. The molecule has 1 aliphatic rings. The summed E-state index contributed by atoms with van der Waals surface area (Å²) in [6.07, 6.45) is 7.73. The number of para-hydroxylation sites is 1. The van der Waals surface area contributed by atoms with E-state index in [1.807, 2.05) is 37.5 Å². The lowest BCUT2D eigenvalue weighted by atomic mass is 9.84. The standard InChI is InChI=1S/C24H25N5O/c1-17-25-13-14-29(17)15-18-10-11-22-23(20-8-3-4-9-21(20)28(22)2)24(18)27-30-16-19-7-5-6-12-26-19/h3-9,12-14,18H,10-11,15-16H2,1-2H3/b27-24+. The van der Waals surface area contributed by atoms with Gasteiger partial charge in [0.25, 0.3) is 0 Å². The Morgan fingerprint density at radius 2 is 1.97 bits per heavy atom. The molecule has 1 unspecified atom stereocenters. The fourth-order valence-electron chi connectivity index (χ4n) is 4.46. The van der Waals surface area contributed by atoms with Crippen LogP contribution in [-0.4, -0.2) is 24.8 Å². The monoisotopic (exact) mass is 399 g/mol. The van der Waals surface area contributed by atoms with Gasteiger partial charge in [-0.3, -0.25) is 4.98 Å². The molecule has 0 radical (unpaired) electrons. The van der Waals surface area contributed by atoms with Crippen molar-refractivity contribution in [2.24, 2.45) is 18.1 Å². The van der Waals surface area contributed by atoms with Gasteiger partial charge in [-0.05, 0) is 38.0 Å². The van der Waals surface area contributed by atoms with Gasteiger partial charge in [-0.2, -0.15) is 0 Å². The zero-order chi connectivity index (χ0) is 20.5. The maximum Gasteiger partial charge on any atom is 0.159 e. The number of fused-ring (bicyclic) bond motifs is 3. The predicted octanol–water partition coefficient (Wildman–Crippen LogP) is 4.26. The highest BCUT2D eigenvalue weighted by molar-refractivity contribution is 6.13. The van der Waals surface area contributed by atoms with Crippen molar-refractivity contribution in [1.82, 2.24) is 19.1 Å². The van der Waals surface area contributed by atoms with E-state index in [1.54, 1.807) is 6.20 Å². The number of aryl methyl sites for hydroxylation is 2. The lowest BCUT2D eigenvalue weighted by Crippen LogP contribution is -2.28. The predicted molar refractivity (Wildman–Crippen MR) is 117 cm³/mol. The molecule has 0 bridgehead atoms. The van der Waals surface area contributed by atoms with Gasteiger partial charge in [0.05, 0.1) is 11.4 Å². The highest BCUT2D eigenvalue weighted by Gasteiger charge is 2.31. The Labute approximate surface area is 175 Å². The molecule has 4 aromatic rings. The first-order chi connectivity index (χ1) is 14.7. The van der Waals surface area contributed by atoms with E-state index in [4.69, 9.17) is 9.99 Å². The molecule has 1 aliphatic carbocycles. The Kier molecular flexibility index (Phi) is 4.83. The van der Waals surface area contributed by atoms with Gasteiger partial charge in [0.1, 0.15) is 5.82 Å². The Hall–Kier alpha value is -3.41. The quantitative estimate of drug-likeness (QED) is 0.471. The van der Waals surface area contributed by atoms with Crippen molar-refractivity contribution in [2.45, 2.75) is 32.9 Å². The first-order valence-electron chi connectivity index (χ1n) is 10.4. The van der Waals surface area contributed by atoms with Crippen molar-refractivity contribution in [2.75, 3.05) is 0 Å². The van der Waals surface area contributed by atoms with Crippen LogP contribution in [0.5, 0.6) is 0 Å². The van der Waals surface area contributed by atoms with E-state index >= 15 is 0 Å². The molecule has 3 aromatic heterocycles. The molecule has 30 heavy (non-hydrogen) atoms. The van der Waals surface area contributed by atoms with Gasteiger partial charge in [-0.1, -0.05) is 29.4 Å². The van der Waals surface area contributed by atoms with E-state index < -0.39 is 0 Å². The first kappa shape index (κ1) is 18.6. The van der Waals surface area contributed by atoms with Crippen LogP contribution >= 0.6 is 0 Å². The number of aromatic nitrogens is 4. The Bertz CT molecular complexity index is 1210. The van der Waals surface area contributed by atoms with E-state index in [9.17, 15) is 0 Å². The molecule has 0 spiro atoms. The number of oxime groups is 1. The first-order valence-corrected chi connectivity index (χ1v) is 10.4. The largest absolute Gasteiger partial charge is 0.389 e. The smallest absolute Gasteiger partial charge is 0.159 e. The number of nitrogens with zero attached hydrogens (tertiary/aromatic N) is 5. The third-order valence-electron chi connectivity index (χ3n) is 6.04. The van der Waals surface area contributed by atoms with Gasteiger partial charge in [0.2, 0.25) is 0 Å². The molecule has 0 amide bonds. The molecule has 5 rings (SSSR count). The molecule has 1 atom stereocenters. The SMILES string of the molecule is Cc1nccn1CC1CCc2c(c3ccccc3n2C)/C1=N/OCc1ccccn1. The van der Waals surface area contributed by atoms with Gasteiger partial charge in [-0.15, -0.1) is 0 Å². The highest BCUT2D eigenvalue weighted by Crippen LogP contribution is 2.35. The second-order valence-electron chi connectivity index (χ2n) is 7.83. The van der Waals surface area contributed by atoms with Crippen molar-refractivity contribution < 1.29 is 4.84 Å². The number of benzene rings is 1. The average Bonchev–Trinajstić information content (AvgIpc) is 3.31. The lowest BCUT2D eigenvalue weighted by Gasteiger charge is -2.26. The summed E-state index contributed by atoms with van der Waals surface area (Å²) in [5.41, 5.74) is 5.69. The fourth-order valence-corrected chi connectivity index (χ4v) is 4.46. The van der Waals surface area contributed by atoms with Gasteiger partial charge in [0.15, 0.2) is 6.61 Å². The maximum absolute atomic E-state index is 5.85. The van der Waals surface area contributed by atoms with Crippen LogP contribution in [0.4, 0.5) is 0 Å². The van der Waals surface area contributed by atoms with Crippen molar-refractivity contribution >= 4 is 16.6 Å². The van der Waals surface area contributed by atoms with E-state index in [2.05, 4.69) is 50.4 Å². The molecule has 0 aliphatic heterocycles. The van der Waals surface area contributed by atoms with Crippen molar-refractivity contribution in [3.63, 3.8) is 0 Å². The van der Waals surface area contributed by atoms with Crippen LogP contribution in [0.3, 0.4) is 0 Å². The summed E-state index contributed by atoms with van der Waals surface area (Å²) in [7, 11) is 2.15. The molecular formula is C24H25N5O. The summed E-state index contributed by atoms with van der Waals surface area (Å²) < 4.78 is 4.51. The molecule has 6 nitrogen and oxygen atoms in total. The molecular weight excluding hydrogens is 374 g/mol. The molecule has 1 aromatic carbocycles. The maximum atomic E-state index is 5.85. The summed E-state index contributed by atoms with van der Waals surface area (Å²) in [5, 5.41) is 5.94. The molecule has 0 N–H and O–H groups in total. The van der Waals surface area contributed by atoms with Gasteiger partial charge < -0.3 is 14.0 Å². The molecule has 6 heteroatoms. The zero-order valence-corrected chi connectivity index (χ0v) is 17.3. The number of pyridine rings is 1. The number of imidazole rings is 1. The lowest BCUT2D eigenvalue weighted by molar-refractivity contribution is 0.125. The fraction of sp³-hybridized carbons (Fsp3) is 0.292. The van der Waals surface area contributed by atoms with Crippen LogP contribution in [-0.2, 0) is 31.5 Å². The van der Waals surface area contributed by atoms with Gasteiger partial charge >= 0.3 is 0 Å². The molecule has 0 fully saturated rings. The van der Waals surface area contributed by atoms with Crippen molar-refractivity contribution in [3.8, 4) is 0 Å². The molecule has 0 saturated carbocycles. The van der Waals surface area contributed by atoms with Gasteiger partial charge in [-0.25, -0.2) is 4.98 Å². The van der Waals surface area contributed by atoms with Crippen LogP contribution < -0.4 is 0 Å². The zero-order valence-electron chi connectivity index (χ0n) is 17.3. The van der Waals surface area contributed by atoms with E-state index in [-0.39, 0.29) is 5.92 Å². The number of rotatable bonds is 5. The average molecular weight is 399 g/mol. The van der Waals surface area contributed by atoms with Crippen LogP contribution in [0.25, 0.3) is 10.9 Å². The van der Waals surface area contributed by atoms with Crippen LogP contribution in [0.2, 0.25) is 0 Å². The normalized spacial score (nSPS) is 17.4. The minimum Gasteiger partial charge on any atom is -0.389 e. The summed E-state index contributed by atoms with van der Waals surface area (Å²) in [6, 6.07) is 14.4.